The molecule has 0 spiro atoms. The molecule has 1 aliphatic rings. The van der Waals surface area contributed by atoms with Crippen LogP contribution in [0.2, 0.25) is 0 Å². The first-order valence-corrected chi connectivity index (χ1v) is 5.65. The van der Waals surface area contributed by atoms with E-state index < -0.39 is 11.6 Å². The Hall–Kier alpha value is -0.610. The highest BCUT2D eigenvalue weighted by Crippen LogP contribution is 2.31. The van der Waals surface area contributed by atoms with Gasteiger partial charge in [0.2, 0.25) is 0 Å². The Labute approximate surface area is 85.7 Å². The summed E-state index contributed by atoms with van der Waals surface area (Å²) in [6.07, 6.45) is 0.778. The van der Waals surface area contributed by atoms with E-state index in [1.54, 1.807) is 11.8 Å². The van der Waals surface area contributed by atoms with Crippen molar-refractivity contribution in [3.63, 3.8) is 0 Å². The summed E-state index contributed by atoms with van der Waals surface area (Å²) >= 11 is 1.64. The van der Waals surface area contributed by atoms with Crippen molar-refractivity contribution in [1.82, 2.24) is 0 Å². The van der Waals surface area contributed by atoms with Gasteiger partial charge in [0, 0.05) is 23.4 Å². The number of benzene rings is 1. The van der Waals surface area contributed by atoms with Gasteiger partial charge < -0.3 is 5.73 Å². The maximum absolute atomic E-state index is 13.4. The van der Waals surface area contributed by atoms with Gasteiger partial charge in [-0.15, -0.1) is 0 Å². The summed E-state index contributed by atoms with van der Waals surface area (Å²) in [6, 6.07) is 2.05. The van der Waals surface area contributed by atoms with Crippen LogP contribution in [0.5, 0.6) is 0 Å². The van der Waals surface area contributed by atoms with Gasteiger partial charge in [-0.1, -0.05) is 0 Å². The second-order valence-corrected chi connectivity index (χ2v) is 4.51. The minimum Gasteiger partial charge on any atom is -0.324 e. The molecule has 1 nitrogen and oxygen atoms in total. The van der Waals surface area contributed by atoms with E-state index in [4.69, 9.17) is 5.73 Å². The van der Waals surface area contributed by atoms with E-state index in [0.717, 1.165) is 18.2 Å². The van der Waals surface area contributed by atoms with E-state index in [9.17, 15) is 8.78 Å². The third kappa shape index (κ3) is 1.77. The molecule has 2 rings (SSSR count). The van der Waals surface area contributed by atoms with Crippen LogP contribution in [0.15, 0.2) is 12.1 Å². The fourth-order valence-corrected chi connectivity index (χ4v) is 2.72. The summed E-state index contributed by atoms with van der Waals surface area (Å²) in [5, 5.41) is 0. The third-order valence-electron chi connectivity index (χ3n) is 2.41. The van der Waals surface area contributed by atoms with Crippen LogP contribution in [0.25, 0.3) is 0 Å². The third-order valence-corrected chi connectivity index (χ3v) is 3.43. The molecule has 0 saturated heterocycles. The van der Waals surface area contributed by atoms with Gasteiger partial charge >= 0.3 is 0 Å². The van der Waals surface area contributed by atoms with Gasteiger partial charge in [0.1, 0.15) is 11.6 Å². The molecule has 0 fully saturated rings. The highest BCUT2D eigenvalue weighted by molar-refractivity contribution is 7.98. The van der Waals surface area contributed by atoms with Crippen LogP contribution < -0.4 is 5.73 Å². The lowest BCUT2D eigenvalue weighted by Crippen LogP contribution is -2.12. The molecule has 1 heterocycles. The van der Waals surface area contributed by atoms with E-state index in [1.165, 1.54) is 6.07 Å². The Morgan fingerprint density at radius 1 is 1.36 bits per heavy atom. The molecule has 0 amide bonds. The van der Waals surface area contributed by atoms with Crippen LogP contribution >= 0.6 is 11.8 Å². The van der Waals surface area contributed by atoms with E-state index in [2.05, 4.69) is 0 Å². The summed E-state index contributed by atoms with van der Waals surface area (Å²) in [5.41, 5.74) is 7.04. The zero-order chi connectivity index (χ0) is 10.1. The van der Waals surface area contributed by atoms with Crippen molar-refractivity contribution >= 4 is 11.8 Å². The Bertz CT molecular complexity index is 354. The normalized spacial score (nSPS) is 21.5. The van der Waals surface area contributed by atoms with Crippen molar-refractivity contribution in [2.45, 2.75) is 18.2 Å². The topological polar surface area (TPSA) is 26.0 Å². The van der Waals surface area contributed by atoms with Gasteiger partial charge in [-0.05, 0) is 23.8 Å². The Morgan fingerprint density at radius 3 is 2.93 bits per heavy atom. The van der Waals surface area contributed by atoms with Gasteiger partial charge in [0.05, 0.1) is 0 Å². The van der Waals surface area contributed by atoms with Crippen LogP contribution in [0, 0.1) is 11.6 Å². The monoisotopic (exact) mass is 215 g/mol. The number of fused-ring (bicyclic) bond motifs is 1. The molecule has 1 aromatic carbocycles. The van der Waals surface area contributed by atoms with Crippen molar-refractivity contribution in [2.24, 2.45) is 5.73 Å². The molecule has 1 aromatic rings. The summed E-state index contributed by atoms with van der Waals surface area (Å²) in [7, 11) is 0. The number of hydrogen-bond donors (Lipinski definition) is 1. The Balaban J connectivity index is 2.53. The molecule has 0 saturated carbocycles. The average molecular weight is 215 g/mol. The Morgan fingerprint density at radius 2 is 2.14 bits per heavy atom. The van der Waals surface area contributed by atoms with E-state index >= 15 is 0 Å². The van der Waals surface area contributed by atoms with Crippen LogP contribution in [0.4, 0.5) is 8.78 Å². The minimum absolute atomic E-state index is 0.231. The highest BCUT2D eigenvalue weighted by atomic mass is 32.2. The molecular formula is C10H11F2NS. The molecule has 2 N–H and O–H groups in total. The van der Waals surface area contributed by atoms with E-state index in [1.807, 2.05) is 0 Å². The van der Waals surface area contributed by atoms with Crippen LogP contribution in [0.1, 0.15) is 23.6 Å². The molecule has 0 unspecified atom stereocenters. The first-order chi connectivity index (χ1) is 6.68. The van der Waals surface area contributed by atoms with Gasteiger partial charge in [0.25, 0.3) is 0 Å². The minimum atomic E-state index is -0.538. The fraction of sp³-hybridized carbons (Fsp3) is 0.400. The molecule has 0 bridgehead atoms. The molecule has 0 aromatic heterocycles. The first-order valence-electron chi connectivity index (χ1n) is 4.49. The van der Waals surface area contributed by atoms with Crippen molar-refractivity contribution in [3.05, 3.63) is 34.9 Å². The predicted molar refractivity (Wildman–Crippen MR) is 54.1 cm³/mol. The van der Waals surface area contributed by atoms with Crippen molar-refractivity contribution in [2.75, 3.05) is 5.75 Å². The van der Waals surface area contributed by atoms with Gasteiger partial charge in [-0.2, -0.15) is 11.8 Å². The van der Waals surface area contributed by atoms with E-state index in [0.29, 0.717) is 16.9 Å². The number of nitrogens with two attached hydrogens (primary N) is 1. The van der Waals surface area contributed by atoms with Gasteiger partial charge in [-0.25, -0.2) is 8.78 Å². The van der Waals surface area contributed by atoms with Crippen LogP contribution in [0.3, 0.4) is 0 Å². The highest BCUT2D eigenvalue weighted by Gasteiger charge is 2.19. The molecule has 1 aliphatic heterocycles. The summed E-state index contributed by atoms with van der Waals surface area (Å²) in [6.45, 7) is 0. The standard InChI is InChI=1S/C10H11F2NS/c11-6-3-7-8(9(12)4-6)5-14-2-1-10(7)13/h3-4,10H,1-2,5,13H2/t10-/m1/s1. The number of thioether (sulfide) groups is 1. The number of hydrogen-bond acceptors (Lipinski definition) is 2. The molecule has 0 aliphatic carbocycles. The first kappa shape index (κ1) is 9.93. The van der Waals surface area contributed by atoms with Crippen molar-refractivity contribution in [3.8, 4) is 0 Å². The van der Waals surface area contributed by atoms with Crippen molar-refractivity contribution in [1.29, 1.82) is 0 Å². The SMILES string of the molecule is N[C@@H]1CCSCc2c(F)cc(F)cc21. The lowest BCUT2D eigenvalue weighted by molar-refractivity contribution is 0.565. The lowest BCUT2D eigenvalue weighted by atomic mass is 9.99. The predicted octanol–water partition coefficient (Wildman–Crippen LogP) is 2.60. The molecular weight excluding hydrogens is 204 g/mol. The maximum atomic E-state index is 13.4. The lowest BCUT2D eigenvalue weighted by Gasteiger charge is -2.12. The second-order valence-electron chi connectivity index (χ2n) is 3.40. The zero-order valence-corrected chi connectivity index (χ0v) is 8.41. The molecule has 76 valence electrons. The fourth-order valence-electron chi connectivity index (χ4n) is 1.65. The van der Waals surface area contributed by atoms with Crippen LogP contribution in [-0.2, 0) is 5.75 Å². The number of rotatable bonds is 0. The summed E-state index contributed by atoms with van der Waals surface area (Å²) < 4.78 is 26.3. The maximum Gasteiger partial charge on any atom is 0.130 e. The molecule has 4 heteroatoms. The largest absolute Gasteiger partial charge is 0.324 e. The average Bonchev–Trinajstić information content (AvgIpc) is 2.29. The number of halogens is 2. The zero-order valence-electron chi connectivity index (χ0n) is 7.59. The Kier molecular flexibility index (Phi) is 2.74. The quantitative estimate of drug-likeness (QED) is 0.720. The second kappa shape index (κ2) is 3.87. The van der Waals surface area contributed by atoms with Gasteiger partial charge in [0.15, 0.2) is 0 Å². The van der Waals surface area contributed by atoms with Crippen molar-refractivity contribution < 1.29 is 8.78 Å². The summed E-state index contributed by atoms with van der Waals surface area (Å²) in [5.74, 6) is 0.486. The molecule has 1 atom stereocenters. The molecule has 0 radical (unpaired) electrons. The van der Waals surface area contributed by atoms with Gasteiger partial charge in [-0.3, -0.25) is 0 Å². The smallest absolute Gasteiger partial charge is 0.130 e. The van der Waals surface area contributed by atoms with Crippen LogP contribution in [-0.4, -0.2) is 5.75 Å². The molecule has 14 heavy (non-hydrogen) atoms. The van der Waals surface area contributed by atoms with E-state index in [-0.39, 0.29) is 6.04 Å². The summed E-state index contributed by atoms with van der Waals surface area (Å²) in [4.78, 5) is 0.